The monoisotopic (exact) mass is 278 g/mol. The van der Waals surface area contributed by atoms with Crippen molar-refractivity contribution < 1.29 is 9.53 Å². The minimum absolute atomic E-state index is 0.0544. The van der Waals surface area contributed by atoms with Crippen molar-refractivity contribution >= 4 is 5.91 Å². The molecule has 0 saturated carbocycles. The standard InChI is InChI=1S/C16H26N2O2/c1-5-18-13(3)14-11-12(2)8-9-15(14)20-10-6-7-16(19)17-4/h8-9,11,13,18H,5-7,10H2,1-4H3,(H,17,19). The Labute approximate surface area is 121 Å². The minimum atomic E-state index is 0.0544. The third-order valence-electron chi connectivity index (χ3n) is 3.23. The molecule has 1 aromatic rings. The van der Waals surface area contributed by atoms with Crippen LogP contribution in [-0.2, 0) is 4.79 Å². The molecule has 0 aromatic heterocycles. The van der Waals surface area contributed by atoms with Gasteiger partial charge in [-0.3, -0.25) is 4.79 Å². The van der Waals surface area contributed by atoms with Crippen LogP contribution >= 0.6 is 0 Å². The lowest BCUT2D eigenvalue weighted by Gasteiger charge is -2.18. The molecule has 2 N–H and O–H groups in total. The van der Waals surface area contributed by atoms with Crippen molar-refractivity contribution in [3.63, 3.8) is 0 Å². The van der Waals surface area contributed by atoms with Gasteiger partial charge in [-0.05, 0) is 32.9 Å². The molecule has 1 rings (SSSR count). The van der Waals surface area contributed by atoms with Gasteiger partial charge in [0.05, 0.1) is 6.61 Å². The predicted octanol–water partition coefficient (Wildman–Crippen LogP) is 2.57. The van der Waals surface area contributed by atoms with E-state index in [0.29, 0.717) is 13.0 Å². The molecule has 1 amide bonds. The molecule has 4 nitrogen and oxygen atoms in total. The Hall–Kier alpha value is -1.55. The molecule has 0 saturated heterocycles. The van der Waals surface area contributed by atoms with Gasteiger partial charge < -0.3 is 15.4 Å². The Morgan fingerprint density at radius 2 is 2.15 bits per heavy atom. The first-order chi connectivity index (χ1) is 9.58. The van der Waals surface area contributed by atoms with Crippen molar-refractivity contribution in [3.05, 3.63) is 29.3 Å². The number of rotatable bonds is 8. The number of ether oxygens (including phenoxy) is 1. The van der Waals surface area contributed by atoms with Crippen molar-refractivity contribution in [3.8, 4) is 5.75 Å². The smallest absolute Gasteiger partial charge is 0.219 e. The van der Waals surface area contributed by atoms with Crippen LogP contribution in [0.5, 0.6) is 5.75 Å². The highest BCUT2D eigenvalue weighted by atomic mass is 16.5. The molecule has 0 aliphatic carbocycles. The van der Waals surface area contributed by atoms with Gasteiger partial charge in [0, 0.05) is 25.1 Å². The lowest BCUT2D eigenvalue weighted by Crippen LogP contribution is -2.19. The number of benzene rings is 1. The second-order valence-corrected chi connectivity index (χ2v) is 4.95. The summed E-state index contributed by atoms with van der Waals surface area (Å²) in [4.78, 5) is 11.2. The average Bonchev–Trinajstić information content (AvgIpc) is 2.44. The van der Waals surface area contributed by atoms with E-state index >= 15 is 0 Å². The fourth-order valence-corrected chi connectivity index (χ4v) is 2.09. The van der Waals surface area contributed by atoms with Gasteiger partial charge in [0.15, 0.2) is 0 Å². The summed E-state index contributed by atoms with van der Waals surface area (Å²) in [6, 6.07) is 6.48. The summed E-state index contributed by atoms with van der Waals surface area (Å²) in [7, 11) is 1.65. The third-order valence-corrected chi connectivity index (χ3v) is 3.23. The van der Waals surface area contributed by atoms with E-state index in [9.17, 15) is 4.79 Å². The Morgan fingerprint density at radius 3 is 2.80 bits per heavy atom. The molecule has 20 heavy (non-hydrogen) atoms. The molecule has 0 heterocycles. The Bertz CT molecular complexity index is 432. The fraction of sp³-hybridized carbons (Fsp3) is 0.562. The van der Waals surface area contributed by atoms with Crippen molar-refractivity contribution in [2.75, 3.05) is 20.2 Å². The topological polar surface area (TPSA) is 50.4 Å². The van der Waals surface area contributed by atoms with Crippen LogP contribution in [0, 0.1) is 6.92 Å². The van der Waals surface area contributed by atoms with E-state index in [4.69, 9.17) is 4.74 Å². The van der Waals surface area contributed by atoms with E-state index in [1.807, 2.05) is 6.07 Å². The zero-order valence-electron chi connectivity index (χ0n) is 13.0. The normalized spacial score (nSPS) is 12.0. The van der Waals surface area contributed by atoms with Crippen LogP contribution in [0.1, 0.15) is 43.9 Å². The van der Waals surface area contributed by atoms with Crippen LogP contribution in [0.3, 0.4) is 0 Å². The number of nitrogens with one attached hydrogen (secondary N) is 2. The summed E-state index contributed by atoms with van der Waals surface area (Å²) in [5.41, 5.74) is 2.40. The van der Waals surface area contributed by atoms with E-state index in [1.165, 1.54) is 11.1 Å². The molecule has 1 aromatic carbocycles. The number of amides is 1. The minimum Gasteiger partial charge on any atom is -0.493 e. The molecular weight excluding hydrogens is 252 g/mol. The van der Waals surface area contributed by atoms with Crippen LogP contribution in [0.15, 0.2) is 18.2 Å². The molecule has 0 aliphatic rings. The number of hydrogen-bond acceptors (Lipinski definition) is 3. The number of hydrogen-bond donors (Lipinski definition) is 2. The summed E-state index contributed by atoms with van der Waals surface area (Å²) in [6.45, 7) is 7.79. The van der Waals surface area contributed by atoms with E-state index in [2.05, 4.69) is 43.5 Å². The first-order valence-electron chi connectivity index (χ1n) is 7.25. The van der Waals surface area contributed by atoms with Gasteiger partial charge >= 0.3 is 0 Å². The average molecular weight is 278 g/mol. The summed E-state index contributed by atoms with van der Waals surface area (Å²) in [5, 5.41) is 6.02. The lowest BCUT2D eigenvalue weighted by molar-refractivity contribution is -0.120. The molecular formula is C16H26N2O2. The van der Waals surface area contributed by atoms with Gasteiger partial charge in [-0.25, -0.2) is 0 Å². The predicted molar refractivity (Wildman–Crippen MR) is 82.1 cm³/mol. The van der Waals surface area contributed by atoms with Gasteiger partial charge in [-0.2, -0.15) is 0 Å². The largest absolute Gasteiger partial charge is 0.493 e. The maximum atomic E-state index is 11.2. The Balaban J connectivity index is 2.62. The Kier molecular flexibility index (Phi) is 7.09. The molecule has 112 valence electrons. The van der Waals surface area contributed by atoms with E-state index in [0.717, 1.165) is 18.7 Å². The first kappa shape index (κ1) is 16.5. The Morgan fingerprint density at radius 1 is 1.40 bits per heavy atom. The molecule has 4 heteroatoms. The SMILES string of the molecule is CCNC(C)c1cc(C)ccc1OCCCC(=O)NC. The number of aryl methyl sites for hydroxylation is 1. The summed E-state index contributed by atoms with van der Waals surface area (Å²) in [6.07, 6.45) is 1.23. The van der Waals surface area contributed by atoms with Gasteiger partial charge in [-0.15, -0.1) is 0 Å². The van der Waals surface area contributed by atoms with Crippen LogP contribution < -0.4 is 15.4 Å². The van der Waals surface area contributed by atoms with Gasteiger partial charge in [0.2, 0.25) is 5.91 Å². The van der Waals surface area contributed by atoms with Crippen molar-refractivity contribution in [1.82, 2.24) is 10.6 Å². The third kappa shape index (κ3) is 5.21. The fourth-order valence-electron chi connectivity index (χ4n) is 2.09. The molecule has 0 spiro atoms. The van der Waals surface area contributed by atoms with Gasteiger partial charge in [0.25, 0.3) is 0 Å². The molecule has 0 radical (unpaired) electrons. The molecule has 0 fully saturated rings. The highest BCUT2D eigenvalue weighted by Crippen LogP contribution is 2.26. The molecule has 0 bridgehead atoms. The van der Waals surface area contributed by atoms with Crippen molar-refractivity contribution in [2.45, 2.75) is 39.7 Å². The number of carbonyl (C=O) groups excluding carboxylic acids is 1. The maximum absolute atomic E-state index is 11.2. The first-order valence-corrected chi connectivity index (χ1v) is 7.25. The lowest BCUT2D eigenvalue weighted by atomic mass is 10.0. The molecule has 0 aliphatic heterocycles. The quantitative estimate of drug-likeness (QED) is 0.719. The summed E-state index contributed by atoms with van der Waals surface area (Å²) in [5.74, 6) is 0.958. The highest BCUT2D eigenvalue weighted by molar-refractivity contribution is 5.75. The summed E-state index contributed by atoms with van der Waals surface area (Å²) >= 11 is 0. The molecule has 1 unspecified atom stereocenters. The summed E-state index contributed by atoms with van der Waals surface area (Å²) < 4.78 is 5.83. The van der Waals surface area contributed by atoms with E-state index in [1.54, 1.807) is 7.05 Å². The van der Waals surface area contributed by atoms with Crippen molar-refractivity contribution in [2.24, 2.45) is 0 Å². The molecule has 1 atom stereocenters. The van der Waals surface area contributed by atoms with E-state index in [-0.39, 0.29) is 11.9 Å². The second-order valence-electron chi connectivity index (χ2n) is 4.95. The van der Waals surface area contributed by atoms with Crippen LogP contribution in [0.2, 0.25) is 0 Å². The van der Waals surface area contributed by atoms with Crippen molar-refractivity contribution in [1.29, 1.82) is 0 Å². The number of carbonyl (C=O) groups is 1. The van der Waals surface area contributed by atoms with Crippen LogP contribution in [-0.4, -0.2) is 26.1 Å². The maximum Gasteiger partial charge on any atom is 0.219 e. The van der Waals surface area contributed by atoms with Gasteiger partial charge in [-0.1, -0.05) is 24.6 Å². The zero-order valence-corrected chi connectivity index (χ0v) is 13.0. The van der Waals surface area contributed by atoms with E-state index < -0.39 is 0 Å². The van der Waals surface area contributed by atoms with Gasteiger partial charge in [0.1, 0.15) is 5.75 Å². The van der Waals surface area contributed by atoms with Crippen LogP contribution in [0.4, 0.5) is 0 Å². The second kappa shape index (κ2) is 8.59. The highest BCUT2D eigenvalue weighted by Gasteiger charge is 2.11. The zero-order chi connectivity index (χ0) is 15.0. The van der Waals surface area contributed by atoms with Crippen LogP contribution in [0.25, 0.3) is 0 Å².